The Morgan fingerprint density at radius 2 is 2.12 bits per heavy atom. The third-order valence-electron chi connectivity index (χ3n) is 2.55. The molecule has 1 aromatic carbocycles. The molecule has 0 aliphatic rings. The minimum absolute atomic E-state index is 0.0926. The number of nitrogens with zero attached hydrogens (tertiary/aromatic N) is 2. The van der Waals surface area contributed by atoms with E-state index in [4.69, 9.17) is 0 Å². The Hall–Kier alpha value is -2.10. The van der Waals surface area contributed by atoms with Gasteiger partial charge in [-0.25, -0.2) is 4.98 Å². The molecule has 0 unspecified atom stereocenters. The highest BCUT2D eigenvalue weighted by molar-refractivity contribution is 5.94. The van der Waals surface area contributed by atoms with Crippen LogP contribution in [-0.4, -0.2) is 21.9 Å². The molecule has 4 nitrogen and oxygen atoms in total. The lowest BCUT2D eigenvalue weighted by molar-refractivity contribution is 0.101. The summed E-state index contributed by atoms with van der Waals surface area (Å²) in [7, 11) is 0. The first-order valence-corrected chi connectivity index (χ1v) is 5.56. The number of anilines is 1. The van der Waals surface area contributed by atoms with Gasteiger partial charge < -0.3 is 9.88 Å². The monoisotopic (exact) mass is 229 g/mol. The Labute approximate surface area is 100 Å². The maximum Gasteiger partial charge on any atom is 0.159 e. The van der Waals surface area contributed by atoms with Crippen LogP contribution in [0.15, 0.2) is 43.0 Å². The Morgan fingerprint density at radius 1 is 1.35 bits per heavy atom. The van der Waals surface area contributed by atoms with E-state index in [2.05, 4.69) is 10.3 Å². The van der Waals surface area contributed by atoms with Crippen molar-refractivity contribution >= 4 is 11.5 Å². The van der Waals surface area contributed by atoms with Gasteiger partial charge in [0.25, 0.3) is 0 Å². The fraction of sp³-hybridized carbons (Fsp3) is 0.231. The molecule has 1 heterocycles. The average Bonchev–Trinajstić information content (AvgIpc) is 2.83. The highest BCUT2D eigenvalue weighted by Gasteiger charge is 1.98. The van der Waals surface area contributed by atoms with Gasteiger partial charge in [-0.15, -0.1) is 0 Å². The summed E-state index contributed by atoms with van der Waals surface area (Å²) >= 11 is 0. The molecular formula is C13H15N3O. The van der Waals surface area contributed by atoms with Crippen LogP contribution in [0.3, 0.4) is 0 Å². The van der Waals surface area contributed by atoms with E-state index in [9.17, 15) is 4.79 Å². The van der Waals surface area contributed by atoms with Gasteiger partial charge in [0.15, 0.2) is 5.78 Å². The third kappa shape index (κ3) is 3.17. The van der Waals surface area contributed by atoms with Crippen molar-refractivity contribution in [2.45, 2.75) is 13.5 Å². The highest BCUT2D eigenvalue weighted by Crippen LogP contribution is 2.09. The summed E-state index contributed by atoms with van der Waals surface area (Å²) in [4.78, 5) is 15.1. The maximum absolute atomic E-state index is 11.1. The summed E-state index contributed by atoms with van der Waals surface area (Å²) in [6, 6.07) is 7.51. The Morgan fingerprint density at radius 3 is 2.71 bits per heavy atom. The number of hydrogen-bond donors (Lipinski definition) is 1. The summed E-state index contributed by atoms with van der Waals surface area (Å²) in [6.45, 7) is 3.27. The van der Waals surface area contributed by atoms with Gasteiger partial charge in [-0.3, -0.25) is 4.79 Å². The molecule has 2 aromatic rings. The molecule has 0 bridgehead atoms. The van der Waals surface area contributed by atoms with Gasteiger partial charge in [-0.1, -0.05) is 0 Å². The van der Waals surface area contributed by atoms with Gasteiger partial charge in [-0.05, 0) is 31.2 Å². The summed E-state index contributed by atoms with van der Waals surface area (Å²) in [5.41, 5.74) is 1.76. The van der Waals surface area contributed by atoms with E-state index >= 15 is 0 Å². The van der Waals surface area contributed by atoms with E-state index in [-0.39, 0.29) is 5.78 Å². The molecule has 0 spiro atoms. The zero-order valence-electron chi connectivity index (χ0n) is 9.76. The standard InChI is InChI=1S/C13H15N3O/c1-11(17)12-2-4-13(5-3-12)15-7-9-16-8-6-14-10-16/h2-6,8,10,15H,7,9H2,1H3. The van der Waals surface area contributed by atoms with E-state index in [0.29, 0.717) is 0 Å². The van der Waals surface area contributed by atoms with Crippen molar-refractivity contribution in [1.29, 1.82) is 0 Å². The van der Waals surface area contributed by atoms with Crippen molar-refractivity contribution < 1.29 is 4.79 Å². The number of rotatable bonds is 5. The number of nitrogens with one attached hydrogen (secondary N) is 1. The van der Waals surface area contributed by atoms with Gasteiger partial charge in [0.1, 0.15) is 0 Å². The minimum Gasteiger partial charge on any atom is -0.383 e. The molecule has 0 aliphatic carbocycles. The second-order valence-electron chi connectivity index (χ2n) is 3.86. The molecule has 2 rings (SSSR count). The second kappa shape index (κ2) is 5.30. The molecule has 0 radical (unpaired) electrons. The van der Waals surface area contributed by atoms with Crippen LogP contribution in [-0.2, 0) is 6.54 Å². The Kier molecular flexibility index (Phi) is 3.55. The molecule has 0 atom stereocenters. The first-order valence-electron chi connectivity index (χ1n) is 5.56. The van der Waals surface area contributed by atoms with Crippen molar-refractivity contribution in [2.75, 3.05) is 11.9 Å². The first kappa shape index (κ1) is 11.4. The van der Waals surface area contributed by atoms with Gasteiger partial charge in [0.05, 0.1) is 6.33 Å². The molecular weight excluding hydrogens is 214 g/mol. The molecule has 0 aliphatic heterocycles. The fourth-order valence-corrected chi connectivity index (χ4v) is 1.57. The zero-order valence-corrected chi connectivity index (χ0v) is 9.76. The van der Waals surface area contributed by atoms with Gasteiger partial charge in [0, 0.05) is 36.7 Å². The van der Waals surface area contributed by atoms with Gasteiger partial charge >= 0.3 is 0 Å². The van der Waals surface area contributed by atoms with Crippen LogP contribution in [0.2, 0.25) is 0 Å². The first-order chi connectivity index (χ1) is 8.25. The molecule has 0 fully saturated rings. The Bertz CT molecular complexity index is 474. The van der Waals surface area contributed by atoms with Crippen LogP contribution in [0.4, 0.5) is 5.69 Å². The molecule has 4 heteroatoms. The zero-order chi connectivity index (χ0) is 12.1. The molecule has 0 amide bonds. The van der Waals surface area contributed by atoms with E-state index in [1.54, 1.807) is 19.4 Å². The number of Topliss-reactive ketones (excluding diaryl/α,β-unsaturated/α-hetero) is 1. The quantitative estimate of drug-likeness (QED) is 0.799. The molecule has 1 N–H and O–H groups in total. The third-order valence-corrected chi connectivity index (χ3v) is 2.55. The number of aromatic nitrogens is 2. The van der Waals surface area contributed by atoms with Crippen LogP contribution in [0.1, 0.15) is 17.3 Å². The lowest BCUT2D eigenvalue weighted by atomic mass is 10.1. The van der Waals surface area contributed by atoms with E-state index in [1.165, 1.54) is 0 Å². The highest BCUT2D eigenvalue weighted by atomic mass is 16.1. The number of carbonyl (C=O) groups is 1. The van der Waals surface area contributed by atoms with Crippen LogP contribution in [0.5, 0.6) is 0 Å². The molecule has 17 heavy (non-hydrogen) atoms. The van der Waals surface area contributed by atoms with E-state index < -0.39 is 0 Å². The van der Waals surface area contributed by atoms with Crippen LogP contribution in [0.25, 0.3) is 0 Å². The summed E-state index contributed by atoms with van der Waals surface area (Å²) in [5.74, 6) is 0.0926. The van der Waals surface area contributed by atoms with Crippen molar-refractivity contribution in [3.63, 3.8) is 0 Å². The predicted molar refractivity (Wildman–Crippen MR) is 67.2 cm³/mol. The molecule has 88 valence electrons. The maximum atomic E-state index is 11.1. The molecule has 0 saturated carbocycles. The minimum atomic E-state index is 0.0926. The summed E-state index contributed by atoms with van der Waals surface area (Å²) in [6.07, 6.45) is 5.49. The Balaban J connectivity index is 1.85. The lowest BCUT2D eigenvalue weighted by Gasteiger charge is -2.07. The number of ketones is 1. The van der Waals surface area contributed by atoms with Crippen LogP contribution < -0.4 is 5.32 Å². The smallest absolute Gasteiger partial charge is 0.159 e. The van der Waals surface area contributed by atoms with E-state index in [1.807, 2.05) is 35.0 Å². The van der Waals surface area contributed by atoms with Crippen LogP contribution >= 0.6 is 0 Å². The molecule has 0 saturated heterocycles. The van der Waals surface area contributed by atoms with Crippen molar-refractivity contribution in [2.24, 2.45) is 0 Å². The average molecular weight is 229 g/mol. The van der Waals surface area contributed by atoms with Crippen LogP contribution in [0, 0.1) is 0 Å². The van der Waals surface area contributed by atoms with Gasteiger partial charge in [0.2, 0.25) is 0 Å². The lowest BCUT2D eigenvalue weighted by Crippen LogP contribution is -2.09. The van der Waals surface area contributed by atoms with Crippen molar-refractivity contribution in [3.05, 3.63) is 48.5 Å². The second-order valence-corrected chi connectivity index (χ2v) is 3.86. The van der Waals surface area contributed by atoms with Crippen molar-refractivity contribution in [3.8, 4) is 0 Å². The summed E-state index contributed by atoms with van der Waals surface area (Å²) < 4.78 is 2.01. The number of benzene rings is 1. The van der Waals surface area contributed by atoms with Crippen molar-refractivity contribution in [1.82, 2.24) is 9.55 Å². The van der Waals surface area contributed by atoms with E-state index in [0.717, 1.165) is 24.3 Å². The number of carbonyl (C=O) groups excluding carboxylic acids is 1. The molecule has 1 aromatic heterocycles. The predicted octanol–water partition coefficient (Wildman–Crippen LogP) is 2.20. The SMILES string of the molecule is CC(=O)c1ccc(NCCn2ccnc2)cc1. The van der Waals surface area contributed by atoms with Gasteiger partial charge in [-0.2, -0.15) is 0 Å². The normalized spacial score (nSPS) is 10.2. The largest absolute Gasteiger partial charge is 0.383 e. The number of hydrogen-bond acceptors (Lipinski definition) is 3. The summed E-state index contributed by atoms with van der Waals surface area (Å²) in [5, 5.41) is 3.29. The fourth-order valence-electron chi connectivity index (χ4n) is 1.57. The topological polar surface area (TPSA) is 46.9 Å². The number of imidazole rings is 1.